The minimum Gasteiger partial charge on any atom is -0.493 e. The van der Waals surface area contributed by atoms with Gasteiger partial charge in [-0.1, -0.05) is 0 Å². The predicted molar refractivity (Wildman–Crippen MR) is 180 cm³/mol. The zero-order valence-corrected chi connectivity index (χ0v) is 28.4. The predicted octanol–water partition coefficient (Wildman–Crippen LogP) is 6.55. The van der Waals surface area contributed by atoms with E-state index in [4.69, 9.17) is 47.4 Å². The molecule has 0 fully saturated rings. The number of methoxy groups -OCH3 is 6. The van der Waals surface area contributed by atoms with Crippen LogP contribution in [-0.2, 0) is 38.5 Å². The van der Waals surface area contributed by atoms with Crippen molar-refractivity contribution in [1.82, 2.24) is 0 Å². The summed E-state index contributed by atoms with van der Waals surface area (Å²) in [5.41, 5.74) is 6.98. The second-order valence-electron chi connectivity index (χ2n) is 11.5. The van der Waals surface area contributed by atoms with Gasteiger partial charge < -0.3 is 47.4 Å². The van der Waals surface area contributed by atoms with Crippen molar-refractivity contribution in [2.24, 2.45) is 0 Å². The summed E-state index contributed by atoms with van der Waals surface area (Å²) in [6.07, 6.45) is 4.73. The molecular weight excluding hydrogens is 616 g/mol. The Morgan fingerprint density at radius 2 is 0.646 bits per heavy atom. The SMILES string of the molecule is COc1cc(CCc2cc3c(cc2CCc2cc4c(cc2CCc2cc(OC)c(OC)c(OC)c2)OCO4)OCO3)cc(OC)c1OC. The fourth-order valence-electron chi connectivity index (χ4n) is 6.37. The zero-order chi connectivity index (χ0) is 33.6. The lowest BCUT2D eigenvalue weighted by Gasteiger charge is -2.16. The van der Waals surface area contributed by atoms with Crippen molar-refractivity contribution in [3.05, 3.63) is 81.9 Å². The molecule has 0 saturated heterocycles. The van der Waals surface area contributed by atoms with Crippen LogP contribution in [0.2, 0.25) is 0 Å². The Hall–Kier alpha value is -5.12. The van der Waals surface area contributed by atoms with E-state index in [0.717, 1.165) is 72.6 Å². The number of rotatable bonds is 15. The lowest BCUT2D eigenvalue weighted by Crippen LogP contribution is -2.04. The molecule has 2 aliphatic heterocycles. The van der Waals surface area contributed by atoms with Gasteiger partial charge in [0.15, 0.2) is 46.0 Å². The van der Waals surface area contributed by atoms with E-state index in [1.807, 2.05) is 24.3 Å². The van der Waals surface area contributed by atoms with Crippen LogP contribution in [0.1, 0.15) is 33.4 Å². The molecule has 0 radical (unpaired) electrons. The lowest BCUT2D eigenvalue weighted by atomic mass is 9.91. The molecule has 254 valence electrons. The minimum atomic E-state index is 0.221. The van der Waals surface area contributed by atoms with Gasteiger partial charge in [-0.15, -0.1) is 0 Å². The second kappa shape index (κ2) is 14.8. The van der Waals surface area contributed by atoms with E-state index in [1.165, 1.54) is 22.3 Å². The van der Waals surface area contributed by atoms with Gasteiger partial charge in [0.05, 0.1) is 42.7 Å². The van der Waals surface area contributed by atoms with E-state index in [9.17, 15) is 0 Å². The molecule has 2 aliphatic rings. The first-order chi connectivity index (χ1) is 23.5. The Morgan fingerprint density at radius 1 is 0.375 bits per heavy atom. The van der Waals surface area contributed by atoms with Crippen LogP contribution in [0, 0.1) is 0 Å². The number of benzene rings is 4. The highest BCUT2D eigenvalue weighted by Crippen LogP contribution is 2.42. The molecule has 0 saturated carbocycles. The van der Waals surface area contributed by atoms with Gasteiger partial charge in [0, 0.05) is 0 Å². The summed E-state index contributed by atoms with van der Waals surface area (Å²) >= 11 is 0. The third kappa shape index (κ3) is 6.79. The maximum absolute atomic E-state index is 5.79. The van der Waals surface area contributed by atoms with Crippen LogP contribution in [0.5, 0.6) is 57.5 Å². The molecule has 6 rings (SSSR count). The highest BCUT2D eigenvalue weighted by Gasteiger charge is 2.21. The van der Waals surface area contributed by atoms with Crippen LogP contribution in [0.4, 0.5) is 0 Å². The minimum absolute atomic E-state index is 0.221. The molecule has 0 aliphatic carbocycles. The van der Waals surface area contributed by atoms with E-state index in [-0.39, 0.29) is 13.6 Å². The van der Waals surface area contributed by atoms with Crippen molar-refractivity contribution < 1.29 is 47.4 Å². The van der Waals surface area contributed by atoms with E-state index in [0.29, 0.717) is 34.5 Å². The first kappa shape index (κ1) is 32.8. The molecule has 0 bridgehead atoms. The Labute approximate surface area is 281 Å². The summed E-state index contributed by atoms with van der Waals surface area (Å²) in [5.74, 6) is 6.80. The maximum Gasteiger partial charge on any atom is 0.231 e. The van der Waals surface area contributed by atoms with Crippen LogP contribution >= 0.6 is 0 Å². The highest BCUT2D eigenvalue weighted by atomic mass is 16.7. The van der Waals surface area contributed by atoms with Crippen LogP contribution in [0.3, 0.4) is 0 Å². The van der Waals surface area contributed by atoms with Crippen molar-refractivity contribution in [3.8, 4) is 57.5 Å². The Bertz CT molecular complexity index is 1590. The summed E-state index contributed by atoms with van der Waals surface area (Å²) in [4.78, 5) is 0. The summed E-state index contributed by atoms with van der Waals surface area (Å²) < 4.78 is 56.5. The van der Waals surface area contributed by atoms with E-state index < -0.39 is 0 Å². The molecule has 0 atom stereocenters. The summed E-state index contributed by atoms with van der Waals surface area (Å²) in [5, 5.41) is 0. The van der Waals surface area contributed by atoms with Gasteiger partial charge in [0.1, 0.15) is 0 Å². The fraction of sp³-hybridized carbons (Fsp3) is 0.368. The lowest BCUT2D eigenvalue weighted by molar-refractivity contribution is 0.173. The number of hydrogen-bond donors (Lipinski definition) is 0. The third-order valence-corrected chi connectivity index (χ3v) is 8.87. The average molecular weight is 659 g/mol. The molecule has 0 unspecified atom stereocenters. The van der Waals surface area contributed by atoms with Crippen LogP contribution in [0.15, 0.2) is 48.5 Å². The number of aryl methyl sites for hydroxylation is 6. The molecule has 0 spiro atoms. The van der Waals surface area contributed by atoms with Crippen molar-refractivity contribution in [2.45, 2.75) is 38.5 Å². The van der Waals surface area contributed by atoms with Gasteiger partial charge in [-0.3, -0.25) is 0 Å². The molecule has 4 aromatic rings. The Morgan fingerprint density at radius 3 is 0.896 bits per heavy atom. The topological polar surface area (TPSA) is 92.3 Å². The molecular formula is C38H42O10. The van der Waals surface area contributed by atoms with E-state index in [1.54, 1.807) is 42.7 Å². The van der Waals surface area contributed by atoms with Crippen molar-refractivity contribution in [1.29, 1.82) is 0 Å². The van der Waals surface area contributed by atoms with Gasteiger partial charge in [0.2, 0.25) is 25.1 Å². The van der Waals surface area contributed by atoms with Crippen molar-refractivity contribution in [3.63, 3.8) is 0 Å². The summed E-state index contributed by atoms with van der Waals surface area (Å²) in [7, 11) is 9.74. The highest BCUT2D eigenvalue weighted by molar-refractivity contribution is 5.56. The largest absolute Gasteiger partial charge is 0.493 e. The fourth-order valence-corrected chi connectivity index (χ4v) is 6.37. The third-order valence-electron chi connectivity index (χ3n) is 8.87. The number of hydrogen-bond acceptors (Lipinski definition) is 10. The second-order valence-corrected chi connectivity index (χ2v) is 11.5. The molecule has 0 aromatic heterocycles. The number of ether oxygens (including phenoxy) is 10. The van der Waals surface area contributed by atoms with Gasteiger partial charge in [-0.05, 0) is 120 Å². The van der Waals surface area contributed by atoms with Crippen molar-refractivity contribution >= 4 is 0 Å². The van der Waals surface area contributed by atoms with Gasteiger partial charge >= 0.3 is 0 Å². The van der Waals surface area contributed by atoms with Crippen LogP contribution in [0.25, 0.3) is 0 Å². The molecule has 2 heterocycles. The first-order valence-corrected chi connectivity index (χ1v) is 15.9. The quantitative estimate of drug-likeness (QED) is 0.140. The van der Waals surface area contributed by atoms with Crippen LogP contribution in [-0.4, -0.2) is 56.2 Å². The molecule has 4 aromatic carbocycles. The summed E-state index contributed by atoms with van der Waals surface area (Å²) in [6.45, 7) is 0.441. The molecule has 0 N–H and O–H groups in total. The summed E-state index contributed by atoms with van der Waals surface area (Å²) in [6, 6.07) is 16.5. The Kier molecular flexibility index (Phi) is 10.1. The molecule has 0 amide bonds. The van der Waals surface area contributed by atoms with Crippen molar-refractivity contribution in [2.75, 3.05) is 56.2 Å². The zero-order valence-electron chi connectivity index (χ0n) is 28.4. The number of fused-ring (bicyclic) bond motifs is 2. The maximum atomic E-state index is 5.79. The van der Waals surface area contributed by atoms with Gasteiger partial charge in [0.25, 0.3) is 0 Å². The van der Waals surface area contributed by atoms with Gasteiger partial charge in [-0.25, -0.2) is 0 Å². The first-order valence-electron chi connectivity index (χ1n) is 15.9. The monoisotopic (exact) mass is 658 g/mol. The molecule has 10 nitrogen and oxygen atoms in total. The standard InChI is InChI=1S/C38H42O10/c1-39-33-13-23(14-34(40-2)37(33)43-5)7-9-25-17-29-31(47-21-45-29)19-27(25)11-12-28-20-32-30(46-22-48-32)18-26(28)10-8-24-15-35(41-3)38(44-6)36(16-24)42-4/h13-20H,7-12,21-22H2,1-6H3. The Balaban J connectivity index is 1.24. The van der Waals surface area contributed by atoms with E-state index in [2.05, 4.69) is 24.3 Å². The van der Waals surface area contributed by atoms with E-state index >= 15 is 0 Å². The average Bonchev–Trinajstić information content (AvgIpc) is 3.79. The smallest absolute Gasteiger partial charge is 0.231 e. The molecule has 10 heteroatoms. The normalized spacial score (nSPS) is 12.5. The molecule has 48 heavy (non-hydrogen) atoms. The van der Waals surface area contributed by atoms with Crippen LogP contribution < -0.4 is 47.4 Å². The van der Waals surface area contributed by atoms with Gasteiger partial charge in [-0.2, -0.15) is 0 Å².